The highest BCUT2D eigenvalue weighted by Crippen LogP contribution is 2.41. The first kappa shape index (κ1) is 22.0. The van der Waals surface area contributed by atoms with Gasteiger partial charge in [0, 0.05) is 22.5 Å². The van der Waals surface area contributed by atoms with E-state index in [1.165, 1.54) is 11.3 Å². The Hall–Kier alpha value is -2.22. The lowest BCUT2D eigenvalue weighted by Gasteiger charge is -2.13. The molecule has 0 saturated carbocycles. The van der Waals surface area contributed by atoms with Crippen LogP contribution in [0.15, 0.2) is 54.6 Å². The fraction of sp³-hybridized carbons (Fsp3) is 0.174. The van der Waals surface area contributed by atoms with Crippen molar-refractivity contribution in [2.75, 3.05) is 0 Å². The number of nitrogens with zero attached hydrogens (tertiary/aromatic N) is 2. The monoisotopic (exact) mass is 475 g/mol. The molecular weight excluding hydrogens is 456 g/mol. The van der Waals surface area contributed by atoms with E-state index in [0.29, 0.717) is 37.4 Å². The molecule has 8 heteroatoms. The fourth-order valence-corrected chi connectivity index (χ4v) is 4.83. The molecule has 3 N–H and O–H groups in total. The van der Waals surface area contributed by atoms with Crippen LogP contribution in [-0.4, -0.2) is 14.9 Å². The number of hydrogen-bond acceptors (Lipinski definition) is 4. The van der Waals surface area contributed by atoms with Gasteiger partial charge in [-0.1, -0.05) is 41.4 Å². The second kappa shape index (κ2) is 8.37. The minimum Gasteiger partial charge on any atom is -0.384 e. The van der Waals surface area contributed by atoms with Crippen molar-refractivity contribution in [2.45, 2.75) is 26.0 Å². The Kier molecular flexibility index (Phi) is 5.94. The fourth-order valence-electron chi connectivity index (χ4n) is 3.25. The van der Waals surface area contributed by atoms with E-state index >= 15 is 0 Å². The zero-order chi connectivity index (χ0) is 22.3. The van der Waals surface area contributed by atoms with E-state index in [9.17, 15) is 9.50 Å². The molecule has 0 saturated heterocycles. The second-order valence-corrected chi connectivity index (χ2v) is 9.50. The van der Waals surface area contributed by atoms with Crippen molar-refractivity contribution in [1.82, 2.24) is 9.78 Å². The molecule has 0 amide bonds. The van der Waals surface area contributed by atoms with E-state index < -0.39 is 11.4 Å². The lowest BCUT2D eigenvalue weighted by atomic mass is 10.1. The summed E-state index contributed by atoms with van der Waals surface area (Å²) in [6.07, 6.45) is 0. The van der Waals surface area contributed by atoms with Crippen LogP contribution in [0.4, 0.5) is 4.39 Å². The zero-order valence-electron chi connectivity index (χ0n) is 16.9. The first-order valence-electron chi connectivity index (χ1n) is 9.56. The molecule has 0 aliphatic heterocycles. The van der Waals surface area contributed by atoms with Crippen molar-refractivity contribution in [3.63, 3.8) is 0 Å². The highest BCUT2D eigenvalue weighted by atomic mass is 35.5. The van der Waals surface area contributed by atoms with Crippen LogP contribution in [0.5, 0.6) is 0 Å². The molecule has 0 aliphatic rings. The lowest BCUT2D eigenvalue weighted by Crippen LogP contribution is -2.16. The molecule has 0 spiro atoms. The summed E-state index contributed by atoms with van der Waals surface area (Å²) in [7, 11) is 0. The quantitative estimate of drug-likeness (QED) is 0.350. The summed E-state index contributed by atoms with van der Waals surface area (Å²) in [5.74, 6) is -0.416. The van der Waals surface area contributed by atoms with Gasteiger partial charge in [0.1, 0.15) is 11.4 Å². The molecule has 0 unspecified atom stereocenters. The van der Waals surface area contributed by atoms with Crippen molar-refractivity contribution in [2.24, 2.45) is 5.73 Å². The summed E-state index contributed by atoms with van der Waals surface area (Å²) in [4.78, 5) is 1.50. The summed E-state index contributed by atoms with van der Waals surface area (Å²) in [6.45, 7) is 3.43. The normalized spacial score (nSPS) is 11.8. The zero-order valence-corrected chi connectivity index (χ0v) is 19.2. The van der Waals surface area contributed by atoms with Gasteiger partial charge in [0.15, 0.2) is 0 Å². The highest BCUT2D eigenvalue weighted by Gasteiger charge is 2.25. The van der Waals surface area contributed by atoms with Crippen molar-refractivity contribution >= 4 is 34.5 Å². The Labute approximate surface area is 193 Å². The largest absolute Gasteiger partial charge is 0.384 e. The maximum atomic E-state index is 15.0. The molecule has 0 aliphatic carbocycles. The third kappa shape index (κ3) is 4.14. The van der Waals surface area contributed by atoms with E-state index in [4.69, 9.17) is 28.9 Å². The summed E-state index contributed by atoms with van der Waals surface area (Å²) >= 11 is 14.1. The number of aromatic nitrogens is 2. The Bertz CT molecular complexity index is 1260. The molecule has 4 rings (SSSR count). The molecule has 4 nitrogen and oxygen atoms in total. The van der Waals surface area contributed by atoms with Crippen molar-refractivity contribution < 1.29 is 9.50 Å². The van der Waals surface area contributed by atoms with Crippen molar-refractivity contribution in [3.8, 4) is 26.7 Å². The average molecular weight is 476 g/mol. The van der Waals surface area contributed by atoms with Crippen LogP contribution in [-0.2, 0) is 12.1 Å². The maximum absolute atomic E-state index is 15.0. The van der Waals surface area contributed by atoms with Gasteiger partial charge in [-0.3, -0.25) is 0 Å². The maximum Gasteiger partial charge on any atom is 0.137 e. The van der Waals surface area contributed by atoms with Gasteiger partial charge in [0.2, 0.25) is 0 Å². The topological polar surface area (TPSA) is 64.1 Å². The molecule has 2 aromatic heterocycles. The molecular formula is C23H20Cl2FN3OS. The van der Waals surface area contributed by atoms with Crippen LogP contribution < -0.4 is 5.73 Å². The Morgan fingerprint density at radius 2 is 1.77 bits per heavy atom. The van der Waals surface area contributed by atoms with Crippen molar-refractivity contribution in [3.05, 3.63) is 81.7 Å². The third-order valence-electron chi connectivity index (χ3n) is 4.91. The lowest BCUT2D eigenvalue weighted by molar-refractivity contribution is 0.0734. The minimum atomic E-state index is -1.15. The third-order valence-corrected chi connectivity index (χ3v) is 6.67. The molecule has 0 bridgehead atoms. The van der Waals surface area contributed by atoms with E-state index in [0.717, 1.165) is 10.6 Å². The number of para-hydroxylation sites is 1. The Morgan fingerprint density at radius 3 is 2.45 bits per heavy atom. The Balaban J connectivity index is 1.88. The van der Waals surface area contributed by atoms with Crippen LogP contribution in [0.25, 0.3) is 26.7 Å². The van der Waals surface area contributed by atoms with Crippen molar-refractivity contribution in [1.29, 1.82) is 0 Å². The number of nitrogens with two attached hydrogens (primary N) is 1. The standard InChI is InChI=1S/C23H20Cl2FN3OS/c1-23(2,30)20-11-17(29(28-20)16-6-4-3-5-14(16)24)18-9-10-19(31-18)21-15(25)8-7-13(12-27)22(21)26/h3-11,30H,12,27H2,1-2H3. The molecule has 160 valence electrons. The van der Waals surface area contributed by atoms with Crippen LogP contribution >= 0.6 is 34.5 Å². The van der Waals surface area contributed by atoms with E-state index in [-0.39, 0.29) is 6.54 Å². The second-order valence-electron chi connectivity index (χ2n) is 7.60. The molecule has 0 atom stereocenters. The number of benzene rings is 2. The summed E-state index contributed by atoms with van der Waals surface area (Å²) in [5.41, 5.74) is 7.14. The SMILES string of the molecule is CC(C)(O)c1cc(-c2ccc(-c3c(Cl)ccc(CN)c3F)s2)n(-c2ccccc2Cl)n1. The minimum absolute atomic E-state index is 0.0858. The van der Waals surface area contributed by atoms with Gasteiger partial charge >= 0.3 is 0 Å². The predicted molar refractivity (Wildman–Crippen MR) is 125 cm³/mol. The van der Waals surface area contributed by atoms with Crippen LogP contribution in [0, 0.1) is 5.82 Å². The number of rotatable bonds is 5. The molecule has 0 fully saturated rings. The van der Waals surface area contributed by atoms with Crippen LogP contribution in [0.1, 0.15) is 25.1 Å². The van der Waals surface area contributed by atoms with Gasteiger partial charge in [0.25, 0.3) is 0 Å². The number of hydrogen-bond donors (Lipinski definition) is 2. The van der Waals surface area contributed by atoms with Gasteiger partial charge in [-0.25, -0.2) is 9.07 Å². The van der Waals surface area contributed by atoms with Crippen LogP contribution in [0.2, 0.25) is 10.0 Å². The van der Waals surface area contributed by atoms with E-state index in [1.54, 1.807) is 36.7 Å². The predicted octanol–water partition coefficient (Wildman–Crippen LogP) is 6.40. The number of halogens is 3. The van der Waals surface area contributed by atoms with Crippen LogP contribution in [0.3, 0.4) is 0 Å². The first-order valence-corrected chi connectivity index (χ1v) is 11.1. The number of aliphatic hydroxyl groups is 1. The number of thiophene rings is 1. The molecule has 2 heterocycles. The average Bonchev–Trinajstić information content (AvgIpc) is 3.36. The smallest absolute Gasteiger partial charge is 0.137 e. The van der Waals surface area contributed by atoms with E-state index in [2.05, 4.69) is 5.10 Å². The highest BCUT2D eigenvalue weighted by molar-refractivity contribution is 7.18. The van der Waals surface area contributed by atoms with Gasteiger partial charge in [-0.2, -0.15) is 5.10 Å². The molecule has 31 heavy (non-hydrogen) atoms. The Morgan fingerprint density at radius 1 is 1.06 bits per heavy atom. The summed E-state index contributed by atoms with van der Waals surface area (Å²) in [6, 6.07) is 16.1. The summed E-state index contributed by atoms with van der Waals surface area (Å²) in [5, 5.41) is 16.0. The van der Waals surface area contributed by atoms with E-state index in [1.807, 2.05) is 36.4 Å². The van der Waals surface area contributed by atoms with Gasteiger partial charge in [-0.05, 0) is 50.2 Å². The first-order chi connectivity index (χ1) is 14.7. The summed E-state index contributed by atoms with van der Waals surface area (Å²) < 4.78 is 16.7. The molecule has 0 radical (unpaired) electrons. The van der Waals surface area contributed by atoms with Gasteiger partial charge in [0.05, 0.1) is 32.0 Å². The van der Waals surface area contributed by atoms with Gasteiger partial charge in [-0.15, -0.1) is 11.3 Å². The van der Waals surface area contributed by atoms with Gasteiger partial charge < -0.3 is 10.8 Å². The molecule has 2 aromatic carbocycles. The molecule has 4 aromatic rings.